The van der Waals surface area contributed by atoms with Crippen molar-refractivity contribution in [3.63, 3.8) is 0 Å². The van der Waals surface area contributed by atoms with Gasteiger partial charge >= 0.3 is 6.18 Å². The number of ether oxygens (including phenoxy) is 1. The van der Waals surface area contributed by atoms with Crippen molar-refractivity contribution in [2.45, 2.75) is 38.4 Å². The number of benzene rings is 3. The minimum absolute atomic E-state index is 0.102. The smallest absolute Gasteiger partial charge is 0.417 e. The van der Waals surface area contributed by atoms with E-state index in [0.717, 1.165) is 11.5 Å². The van der Waals surface area contributed by atoms with Crippen LogP contribution in [-0.4, -0.2) is 18.6 Å². The van der Waals surface area contributed by atoms with Gasteiger partial charge in [0.25, 0.3) is 10.0 Å². The summed E-state index contributed by atoms with van der Waals surface area (Å²) in [6.45, 7) is 4.93. The van der Waals surface area contributed by atoms with E-state index in [2.05, 4.69) is 14.9 Å². The maximum Gasteiger partial charge on any atom is 0.417 e. The topological polar surface area (TPSA) is 94.3 Å². The quantitative estimate of drug-likeness (QED) is 0.223. The number of aromatic nitrogens is 2. The van der Waals surface area contributed by atoms with Gasteiger partial charge in [-0.3, -0.25) is 4.98 Å². The van der Waals surface area contributed by atoms with E-state index in [-0.39, 0.29) is 34.1 Å². The second-order valence-electron chi connectivity index (χ2n) is 9.27. The van der Waals surface area contributed by atoms with Crippen molar-refractivity contribution in [1.29, 1.82) is 0 Å². The van der Waals surface area contributed by atoms with E-state index in [0.29, 0.717) is 28.2 Å². The molecule has 0 aliphatic heterocycles. The molecule has 0 radical (unpaired) electrons. The first kappa shape index (κ1) is 27.2. The molecule has 0 unspecified atom stereocenters. The van der Waals surface area contributed by atoms with Crippen LogP contribution in [0.4, 0.5) is 19.1 Å². The molecule has 0 spiro atoms. The van der Waals surface area contributed by atoms with E-state index >= 15 is 0 Å². The van der Waals surface area contributed by atoms with E-state index in [4.69, 9.17) is 9.26 Å². The summed E-state index contributed by atoms with van der Waals surface area (Å²) in [7, 11) is -4.33. The Morgan fingerprint density at radius 3 is 2.38 bits per heavy atom. The number of aryl methyl sites for hydroxylation is 2. The van der Waals surface area contributed by atoms with Crippen molar-refractivity contribution in [1.82, 2.24) is 10.1 Å². The lowest BCUT2D eigenvalue weighted by Gasteiger charge is -2.18. The Morgan fingerprint density at radius 2 is 1.65 bits per heavy atom. The number of para-hydroxylation sites is 1. The number of anilines is 1. The summed E-state index contributed by atoms with van der Waals surface area (Å²) in [6.07, 6.45) is -4.77. The fourth-order valence-electron chi connectivity index (χ4n) is 4.31. The molecule has 0 saturated heterocycles. The highest BCUT2D eigenvalue weighted by atomic mass is 32.2. The monoisotopic (exact) mass is 567 g/mol. The predicted octanol–water partition coefficient (Wildman–Crippen LogP) is 7.21. The molecule has 11 heteroatoms. The molecule has 0 saturated carbocycles. The molecule has 0 atom stereocenters. The zero-order chi connectivity index (χ0) is 28.7. The van der Waals surface area contributed by atoms with Gasteiger partial charge in [-0.2, -0.15) is 13.2 Å². The van der Waals surface area contributed by atoms with Crippen molar-refractivity contribution in [3.8, 4) is 16.9 Å². The van der Waals surface area contributed by atoms with Crippen molar-refractivity contribution in [2.75, 3.05) is 4.72 Å². The van der Waals surface area contributed by atoms with Gasteiger partial charge in [0.1, 0.15) is 12.4 Å². The number of hydrogen-bond donors (Lipinski definition) is 1. The van der Waals surface area contributed by atoms with Crippen LogP contribution in [0.1, 0.15) is 28.1 Å². The molecule has 5 aromatic rings. The normalized spacial score (nSPS) is 12.1. The molecule has 2 aromatic heterocycles. The van der Waals surface area contributed by atoms with E-state index in [9.17, 15) is 21.6 Å². The standard InChI is InChI=1S/C29H24F3N3O4S/c1-17-14-26(23-9-4-6-10-25(23)33-17)38-16-20-12-13-21(24(15-20)29(30,31)32)22-8-5-7-11-27(22)40(36,37)35-28-18(2)19(3)34-39-28/h4-15,35H,16H2,1-3H3. The maximum absolute atomic E-state index is 14.3. The van der Waals surface area contributed by atoms with Gasteiger partial charge < -0.3 is 9.26 Å². The lowest BCUT2D eigenvalue weighted by atomic mass is 9.97. The van der Waals surface area contributed by atoms with E-state index in [1.807, 2.05) is 24.3 Å². The first-order valence-electron chi connectivity index (χ1n) is 12.2. The summed E-state index contributed by atoms with van der Waals surface area (Å²) < 4.78 is 82.8. The molecule has 0 aliphatic rings. The molecule has 40 heavy (non-hydrogen) atoms. The second kappa shape index (κ2) is 10.3. The fourth-order valence-corrected chi connectivity index (χ4v) is 5.58. The Kier molecular flexibility index (Phi) is 7.01. The highest BCUT2D eigenvalue weighted by Crippen LogP contribution is 2.40. The number of fused-ring (bicyclic) bond motifs is 1. The highest BCUT2D eigenvalue weighted by Gasteiger charge is 2.35. The third kappa shape index (κ3) is 5.37. The molecular weight excluding hydrogens is 543 g/mol. The van der Waals surface area contributed by atoms with Crippen molar-refractivity contribution < 1.29 is 30.8 Å². The molecule has 206 valence electrons. The molecule has 0 fully saturated rings. The SMILES string of the molecule is Cc1cc(OCc2ccc(-c3ccccc3S(=O)(=O)Nc3onc(C)c3C)c(C(F)(F)F)c2)c2ccccc2n1. The number of sulfonamides is 1. The van der Waals surface area contributed by atoms with Crippen LogP contribution in [0.2, 0.25) is 0 Å². The molecule has 2 heterocycles. The Balaban J connectivity index is 1.52. The van der Waals surface area contributed by atoms with E-state index < -0.39 is 21.8 Å². The summed E-state index contributed by atoms with van der Waals surface area (Å²) in [5, 5.41) is 4.47. The Labute approximate surface area is 228 Å². The van der Waals surface area contributed by atoms with E-state index in [1.165, 1.54) is 36.4 Å². The van der Waals surface area contributed by atoms with Crippen molar-refractivity contribution >= 4 is 26.8 Å². The third-order valence-corrected chi connectivity index (χ3v) is 7.83. The number of nitrogens with zero attached hydrogens (tertiary/aromatic N) is 2. The van der Waals surface area contributed by atoms with Gasteiger partial charge in [0, 0.05) is 28.3 Å². The number of rotatable bonds is 7. The van der Waals surface area contributed by atoms with Crippen molar-refractivity contribution in [2.24, 2.45) is 0 Å². The van der Waals surface area contributed by atoms with Crippen LogP contribution < -0.4 is 9.46 Å². The third-order valence-electron chi connectivity index (χ3n) is 6.44. The summed E-state index contributed by atoms with van der Waals surface area (Å²) in [5.74, 6) is 0.399. The van der Waals surface area contributed by atoms with Gasteiger partial charge in [0.15, 0.2) is 0 Å². The Hall–Kier alpha value is -4.38. The van der Waals surface area contributed by atoms with Gasteiger partial charge in [-0.25, -0.2) is 13.1 Å². The van der Waals surface area contributed by atoms with Crippen LogP contribution in [0, 0.1) is 20.8 Å². The first-order valence-corrected chi connectivity index (χ1v) is 13.7. The fraction of sp³-hybridized carbons (Fsp3) is 0.172. The molecule has 1 N–H and O–H groups in total. The van der Waals surface area contributed by atoms with Gasteiger partial charge in [-0.05, 0) is 56.2 Å². The number of hydrogen-bond acceptors (Lipinski definition) is 6. The predicted molar refractivity (Wildman–Crippen MR) is 144 cm³/mol. The largest absolute Gasteiger partial charge is 0.488 e. The second-order valence-corrected chi connectivity index (χ2v) is 10.9. The molecular formula is C29H24F3N3O4S. The van der Waals surface area contributed by atoms with Gasteiger partial charge in [-0.15, -0.1) is 0 Å². The molecule has 0 bridgehead atoms. The molecule has 0 aliphatic carbocycles. The van der Waals surface area contributed by atoms with Crippen molar-refractivity contribution in [3.05, 3.63) is 101 Å². The lowest BCUT2D eigenvalue weighted by Crippen LogP contribution is -2.15. The Morgan fingerprint density at radius 1 is 0.925 bits per heavy atom. The summed E-state index contributed by atoms with van der Waals surface area (Å²) in [4.78, 5) is 4.11. The molecule has 3 aromatic carbocycles. The number of pyridine rings is 1. The molecule has 5 rings (SSSR count). The van der Waals surface area contributed by atoms with Crippen LogP contribution in [0.15, 0.2) is 82.2 Å². The highest BCUT2D eigenvalue weighted by molar-refractivity contribution is 7.92. The summed E-state index contributed by atoms with van der Waals surface area (Å²) in [6, 6.07) is 18.3. The maximum atomic E-state index is 14.3. The minimum Gasteiger partial charge on any atom is -0.488 e. The number of halogens is 3. The van der Waals surface area contributed by atoms with E-state index in [1.54, 1.807) is 26.8 Å². The summed E-state index contributed by atoms with van der Waals surface area (Å²) >= 11 is 0. The van der Waals surface area contributed by atoms with Gasteiger partial charge in [-0.1, -0.05) is 47.6 Å². The summed E-state index contributed by atoms with van der Waals surface area (Å²) in [5.41, 5.74) is 1.26. The average Bonchev–Trinajstić information content (AvgIpc) is 3.22. The first-order chi connectivity index (χ1) is 18.9. The van der Waals surface area contributed by atoms with Crippen LogP contribution >= 0.6 is 0 Å². The zero-order valence-electron chi connectivity index (χ0n) is 21.7. The van der Waals surface area contributed by atoms with Crippen LogP contribution in [0.5, 0.6) is 5.75 Å². The van der Waals surface area contributed by atoms with Crippen LogP contribution in [-0.2, 0) is 22.8 Å². The van der Waals surface area contributed by atoms with Crippen LogP contribution in [0.3, 0.4) is 0 Å². The minimum atomic E-state index is -4.77. The average molecular weight is 568 g/mol. The molecule has 0 amide bonds. The molecule has 7 nitrogen and oxygen atoms in total. The van der Waals surface area contributed by atoms with Gasteiger partial charge in [0.2, 0.25) is 5.88 Å². The van der Waals surface area contributed by atoms with Crippen LogP contribution in [0.25, 0.3) is 22.0 Å². The number of alkyl halides is 3. The van der Waals surface area contributed by atoms with Gasteiger partial charge in [0.05, 0.1) is 21.7 Å². The Bertz CT molecular complexity index is 1830. The lowest BCUT2D eigenvalue weighted by molar-refractivity contribution is -0.137. The zero-order valence-corrected chi connectivity index (χ0v) is 22.5. The number of nitrogens with one attached hydrogen (secondary N) is 1.